The quantitative estimate of drug-likeness (QED) is 0.570. The van der Waals surface area contributed by atoms with Crippen LogP contribution < -0.4 is 5.32 Å². The van der Waals surface area contributed by atoms with Crippen LogP contribution in [0.4, 0.5) is 13.6 Å². The molecule has 3 aromatic rings. The van der Waals surface area contributed by atoms with E-state index in [9.17, 15) is 23.2 Å². The number of halogens is 2. The van der Waals surface area contributed by atoms with Crippen molar-refractivity contribution in [2.45, 2.75) is 6.42 Å². The van der Waals surface area contributed by atoms with Crippen LogP contribution in [-0.4, -0.2) is 40.0 Å². The first-order valence-corrected chi connectivity index (χ1v) is 10.3. The van der Waals surface area contributed by atoms with Crippen LogP contribution in [0, 0.1) is 11.6 Å². The van der Waals surface area contributed by atoms with Gasteiger partial charge in [0, 0.05) is 23.6 Å². The second-order valence-electron chi connectivity index (χ2n) is 6.92. The molecule has 2 N–H and O–H groups in total. The fourth-order valence-electron chi connectivity index (χ4n) is 3.24. The van der Waals surface area contributed by atoms with Crippen molar-refractivity contribution in [2.24, 2.45) is 0 Å². The van der Waals surface area contributed by atoms with Gasteiger partial charge >= 0.3 is 0 Å². The lowest BCUT2D eigenvalue weighted by Gasteiger charge is -2.12. The summed E-state index contributed by atoms with van der Waals surface area (Å²) >= 11 is 0.733. The summed E-state index contributed by atoms with van der Waals surface area (Å²) in [5.41, 5.74) is 2.23. The molecule has 1 aliphatic rings. The Kier molecular flexibility index (Phi) is 5.85. The molecule has 0 saturated carbocycles. The second kappa shape index (κ2) is 8.73. The number of imide groups is 1. The molecular formula is C22H17F2N3O3S. The Morgan fingerprint density at radius 1 is 1.10 bits per heavy atom. The lowest BCUT2D eigenvalue weighted by Crippen LogP contribution is -2.40. The summed E-state index contributed by atoms with van der Waals surface area (Å²) < 4.78 is 26.5. The normalized spacial score (nSPS) is 15.3. The number of hydrogen-bond donors (Lipinski definition) is 2. The minimum absolute atomic E-state index is 0.172. The van der Waals surface area contributed by atoms with E-state index < -0.39 is 29.4 Å². The van der Waals surface area contributed by atoms with E-state index in [0.29, 0.717) is 12.0 Å². The van der Waals surface area contributed by atoms with Gasteiger partial charge in [-0.1, -0.05) is 12.1 Å². The molecule has 6 nitrogen and oxygen atoms in total. The van der Waals surface area contributed by atoms with Gasteiger partial charge in [-0.3, -0.25) is 19.3 Å². The molecule has 3 amide bonds. The number of aromatic amines is 1. The smallest absolute Gasteiger partial charge is 0.294 e. The summed E-state index contributed by atoms with van der Waals surface area (Å²) in [6.07, 6.45) is 3.70. The summed E-state index contributed by atoms with van der Waals surface area (Å²) in [6.45, 7) is -0.127. The Bertz CT molecular complexity index is 1200. The number of nitrogens with one attached hydrogen (secondary N) is 2. The van der Waals surface area contributed by atoms with Gasteiger partial charge in [0.05, 0.1) is 4.91 Å². The molecule has 0 bridgehead atoms. The molecular weight excluding hydrogens is 424 g/mol. The number of aromatic nitrogens is 1. The third kappa shape index (κ3) is 4.66. The molecule has 0 unspecified atom stereocenters. The zero-order valence-electron chi connectivity index (χ0n) is 16.2. The average Bonchev–Trinajstić information content (AvgIpc) is 3.25. The molecule has 2 heterocycles. The monoisotopic (exact) mass is 441 g/mol. The molecule has 0 aliphatic carbocycles. The number of thioether (sulfide) groups is 1. The molecule has 9 heteroatoms. The number of fused-ring (bicyclic) bond motifs is 1. The number of H-pyrrole nitrogens is 1. The van der Waals surface area contributed by atoms with Gasteiger partial charge in [0.2, 0.25) is 5.91 Å². The van der Waals surface area contributed by atoms with E-state index in [2.05, 4.69) is 10.3 Å². The van der Waals surface area contributed by atoms with Crippen LogP contribution in [-0.2, 0) is 16.0 Å². The third-order valence-electron chi connectivity index (χ3n) is 4.79. The molecule has 1 aliphatic heterocycles. The highest BCUT2D eigenvalue weighted by Crippen LogP contribution is 2.32. The highest BCUT2D eigenvalue weighted by atomic mass is 32.2. The number of carbonyl (C=O) groups is 3. The lowest BCUT2D eigenvalue weighted by molar-refractivity contribution is -0.129. The largest absolute Gasteiger partial charge is 0.361 e. The van der Waals surface area contributed by atoms with Crippen LogP contribution in [0.1, 0.15) is 11.1 Å². The van der Waals surface area contributed by atoms with Gasteiger partial charge in [-0.25, -0.2) is 8.78 Å². The topological polar surface area (TPSA) is 82.3 Å². The van der Waals surface area contributed by atoms with Crippen LogP contribution in [0.25, 0.3) is 17.0 Å². The second-order valence-corrected chi connectivity index (χ2v) is 7.92. The number of carbonyl (C=O) groups excluding carboxylic acids is 3. The average molecular weight is 441 g/mol. The zero-order chi connectivity index (χ0) is 22.0. The maximum absolute atomic E-state index is 13.5. The fraction of sp³-hybridized carbons (Fsp3) is 0.136. The van der Waals surface area contributed by atoms with E-state index >= 15 is 0 Å². The van der Waals surface area contributed by atoms with E-state index in [1.807, 2.05) is 0 Å². The van der Waals surface area contributed by atoms with E-state index in [4.69, 9.17) is 0 Å². The fourth-order valence-corrected chi connectivity index (χ4v) is 4.08. The van der Waals surface area contributed by atoms with Crippen LogP contribution in [0.3, 0.4) is 0 Å². The van der Waals surface area contributed by atoms with Crippen molar-refractivity contribution in [2.75, 3.05) is 13.1 Å². The van der Waals surface area contributed by atoms with Gasteiger partial charge in [-0.15, -0.1) is 0 Å². The molecule has 1 saturated heterocycles. The van der Waals surface area contributed by atoms with Gasteiger partial charge in [0.1, 0.15) is 18.2 Å². The molecule has 1 aromatic heterocycles. The van der Waals surface area contributed by atoms with Gasteiger partial charge in [-0.05, 0) is 65.7 Å². The Labute approximate surface area is 180 Å². The van der Waals surface area contributed by atoms with E-state index in [1.165, 1.54) is 42.5 Å². The predicted octanol–water partition coefficient (Wildman–Crippen LogP) is 3.84. The molecule has 158 valence electrons. The minimum Gasteiger partial charge on any atom is -0.361 e. The molecule has 0 radical (unpaired) electrons. The first kappa shape index (κ1) is 20.8. The van der Waals surface area contributed by atoms with Gasteiger partial charge in [0.15, 0.2) is 0 Å². The summed E-state index contributed by atoms with van der Waals surface area (Å²) in [7, 11) is 0. The molecule has 2 aromatic carbocycles. The maximum atomic E-state index is 13.5. The van der Waals surface area contributed by atoms with Crippen molar-refractivity contribution in [3.05, 3.63) is 76.3 Å². The van der Waals surface area contributed by atoms with Crippen molar-refractivity contribution in [1.82, 2.24) is 15.2 Å². The highest BCUT2D eigenvalue weighted by molar-refractivity contribution is 8.18. The number of benzene rings is 2. The van der Waals surface area contributed by atoms with Crippen LogP contribution in [0.2, 0.25) is 0 Å². The number of hydrogen-bond acceptors (Lipinski definition) is 4. The first-order chi connectivity index (χ1) is 14.9. The number of amides is 3. The third-order valence-corrected chi connectivity index (χ3v) is 5.70. The molecule has 1 fully saturated rings. The van der Waals surface area contributed by atoms with Crippen molar-refractivity contribution >= 4 is 45.8 Å². The summed E-state index contributed by atoms with van der Waals surface area (Å²) in [4.78, 5) is 41.0. The van der Waals surface area contributed by atoms with Crippen LogP contribution >= 0.6 is 11.8 Å². The van der Waals surface area contributed by atoms with E-state index in [-0.39, 0.29) is 17.3 Å². The van der Waals surface area contributed by atoms with Gasteiger partial charge < -0.3 is 10.3 Å². The van der Waals surface area contributed by atoms with Crippen molar-refractivity contribution < 1.29 is 23.2 Å². The van der Waals surface area contributed by atoms with E-state index in [1.54, 1.807) is 12.3 Å². The SMILES string of the molecule is O=C(CN1C(=O)S/C(=C\c2ccc(F)cc2)C1=O)NCCc1c[nH]c2ccc(F)cc12. The Morgan fingerprint density at radius 3 is 2.61 bits per heavy atom. The Hall–Kier alpha value is -3.46. The van der Waals surface area contributed by atoms with E-state index in [0.717, 1.165) is 33.1 Å². The van der Waals surface area contributed by atoms with Crippen LogP contribution in [0.5, 0.6) is 0 Å². The predicted molar refractivity (Wildman–Crippen MR) is 114 cm³/mol. The molecule has 4 rings (SSSR count). The zero-order valence-corrected chi connectivity index (χ0v) is 17.0. The van der Waals surface area contributed by atoms with Crippen molar-refractivity contribution in [1.29, 1.82) is 0 Å². The minimum atomic E-state index is -0.568. The maximum Gasteiger partial charge on any atom is 0.294 e. The number of nitrogens with zero attached hydrogens (tertiary/aromatic N) is 1. The van der Waals surface area contributed by atoms with Crippen molar-refractivity contribution in [3.63, 3.8) is 0 Å². The molecule has 31 heavy (non-hydrogen) atoms. The molecule has 0 atom stereocenters. The van der Waals surface area contributed by atoms with Crippen LogP contribution in [0.15, 0.2) is 53.6 Å². The highest BCUT2D eigenvalue weighted by Gasteiger charge is 2.36. The van der Waals surface area contributed by atoms with Crippen molar-refractivity contribution in [3.8, 4) is 0 Å². The summed E-state index contributed by atoms with van der Waals surface area (Å²) in [6, 6.07) is 9.94. The Balaban J connectivity index is 1.33. The number of rotatable bonds is 6. The summed E-state index contributed by atoms with van der Waals surface area (Å²) in [5.74, 6) is -1.79. The first-order valence-electron chi connectivity index (χ1n) is 9.44. The summed E-state index contributed by atoms with van der Waals surface area (Å²) in [5, 5.41) is 2.88. The van der Waals surface area contributed by atoms with Gasteiger partial charge in [-0.2, -0.15) is 0 Å². The molecule has 0 spiro atoms. The lowest BCUT2D eigenvalue weighted by atomic mass is 10.1. The Morgan fingerprint density at radius 2 is 1.84 bits per heavy atom. The van der Waals surface area contributed by atoms with Gasteiger partial charge in [0.25, 0.3) is 11.1 Å². The standard InChI is InChI=1S/C22H17F2N3O3S/c23-15-3-1-13(2-4-15)9-19-21(29)27(22(30)31-19)12-20(28)25-8-7-14-11-26-18-6-5-16(24)10-17(14)18/h1-6,9-11,26H,7-8,12H2,(H,25,28)/b19-9-.